The van der Waals surface area contributed by atoms with Crippen LogP contribution in [-0.2, 0) is 6.54 Å². The van der Waals surface area contributed by atoms with Crippen LogP contribution in [0.15, 0.2) is 18.3 Å². The number of hydrogen-bond acceptors (Lipinski definition) is 2. The molecular weight excluding hydrogens is 240 g/mol. The second-order valence-electron chi connectivity index (χ2n) is 3.90. The second kappa shape index (κ2) is 7.81. The van der Waals surface area contributed by atoms with Gasteiger partial charge in [0, 0.05) is 12.7 Å². The number of alkyl halides is 2. The number of halogens is 2. The van der Waals surface area contributed by atoms with Gasteiger partial charge in [-0.2, -0.15) is 0 Å². The van der Waals surface area contributed by atoms with E-state index in [-0.39, 0.29) is 11.6 Å². The summed E-state index contributed by atoms with van der Waals surface area (Å²) in [6.07, 6.45) is -0.160. The maximum absolute atomic E-state index is 12.3. The normalized spacial score (nSPS) is 10.9. The molecule has 0 atom stereocenters. The molecule has 0 bridgehead atoms. The molecule has 2 N–H and O–H groups in total. The van der Waals surface area contributed by atoms with Crippen LogP contribution in [0.4, 0.5) is 8.78 Å². The molecular formula is C12H19F2N3O. The summed E-state index contributed by atoms with van der Waals surface area (Å²) in [5.74, 6) is -0.308. The van der Waals surface area contributed by atoms with Crippen molar-refractivity contribution in [3.63, 3.8) is 0 Å². The first-order valence-electron chi connectivity index (χ1n) is 6.07. The molecule has 1 heterocycles. The number of nitrogens with one attached hydrogen (secondary N) is 2. The Hall–Kier alpha value is -1.43. The SMILES string of the molecule is CCNCCCNC(=O)c1cccn1CC(F)F. The third kappa shape index (κ3) is 4.83. The fourth-order valence-electron chi connectivity index (χ4n) is 1.61. The first kappa shape index (κ1) is 14.6. The van der Waals surface area contributed by atoms with E-state index in [1.165, 1.54) is 10.8 Å². The van der Waals surface area contributed by atoms with E-state index in [4.69, 9.17) is 0 Å². The van der Waals surface area contributed by atoms with Crippen molar-refractivity contribution >= 4 is 5.91 Å². The summed E-state index contributed by atoms with van der Waals surface area (Å²) in [5.41, 5.74) is 0.277. The van der Waals surface area contributed by atoms with Crippen LogP contribution in [0.2, 0.25) is 0 Å². The largest absolute Gasteiger partial charge is 0.351 e. The summed E-state index contributed by atoms with van der Waals surface area (Å²) < 4.78 is 25.8. The lowest BCUT2D eigenvalue weighted by Crippen LogP contribution is -2.29. The van der Waals surface area contributed by atoms with Crippen LogP contribution in [-0.4, -0.2) is 36.5 Å². The standard InChI is InChI=1S/C12H19F2N3O/c1-2-15-6-4-7-16-12(18)10-5-3-8-17(10)9-11(13)14/h3,5,8,11,15H,2,4,6-7,9H2,1H3,(H,16,18). The van der Waals surface area contributed by atoms with Gasteiger partial charge in [0.2, 0.25) is 0 Å². The fourth-order valence-corrected chi connectivity index (χ4v) is 1.61. The van der Waals surface area contributed by atoms with E-state index in [0.717, 1.165) is 19.5 Å². The average molecular weight is 259 g/mol. The Labute approximate surface area is 105 Å². The van der Waals surface area contributed by atoms with E-state index in [1.807, 2.05) is 6.92 Å². The molecule has 1 amide bonds. The number of amides is 1. The van der Waals surface area contributed by atoms with Crippen LogP contribution in [0, 0.1) is 0 Å². The van der Waals surface area contributed by atoms with Crippen LogP contribution in [0.1, 0.15) is 23.8 Å². The van der Waals surface area contributed by atoms with Crippen LogP contribution in [0.5, 0.6) is 0 Å². The predicted octanol–water partition coefficient (Wildman–Crippen LogP) is 1.48. The maximum Gasteiger partial charge on any atom is 0.267 e. The van der Waals surface area contributed by atoms with Gasteiger partial charge >= 0.3 is 0 Å². The number of carbonyl (C=O) groups is 1. The number of hydrogen-bond donors (Lipinski definition) is 2. The minimum atomic E-state index is -2.46. The van der Waals surface area contributed by atoms with Crippen LogP contribution in [0.3, 0.4) is 0 Å². The van der Waals surface area contributed by atoms with E-state index in [9.17, 15) is 13.6 Å². The first-order valence-corrected chi connectivity index (χ1v) is 6.07. The van der Waals surface area contributed by atoms with Gasteiger partial charge in [0.25, 0.3) is 12.3 Å². The van der Waals surface area contributed by atoms with Crippen molar-refractivity contribution < 1.29 is 13.6 Å². The highest BCUT2D eigenvalue weighted by atomic mass is 19.3. The van der Waals surface area contributed by atoms with E-state index >= 15 is 0 Å². The third-order valence-electron chi connectivity index (χ3n) is 2.46. The van der Waals surface area contributed by atoms with Gasteiger partial charge in [-0.3, -0.25) is 4.79 Å². The van der Waals surface area contributed by atoms with Gasteiger partial charge in [-0.25, -0.2) is 8.78 Å². The van der Waals surface area contributed by atoms with Crippen molar-refractivity contribution in [1.82, 2.24) is 15.2 Å². The van der Waals surface area contributed by atoms with Gasteiger partial charge < -0.3 is 15.2 Å². The lowest BCUT2D eigenvalue weighted by molar-refractivity contribution is 0.0930. The summed E-state index contributed by atoms with van der Waals surface area (Å²) in [7, 11) is 0. The van der Waals surface area contributed by atoms with Crippen molar-refractivity contribution in [1.29, 1.82) is 0 Å². The van der Waals surface area contributed by atoms with Gasteiger partial charge in [-0.15, -0.1) is 0 Å². The Bertz CT molecular complexity index is 366. The van der Waals surface area contributed by atoms with Crippen LogP contribution >= 0.6 is 0 Å². The summed E-state index contributed by atoms with van der Waals surface area (Å²) in [6.45, 7) is 3.81. The molecule has 0 unspecified atom stereocenters. The Morgan fingerprint density at radius 1 is 1.44 bits per heavy atom. The summed E-state index contributed by atoms with van der Waals surface area (Å²) in [6, 6.07) is 3.14. The Morgan fingerprint density at radius 3 is 2.89 bits per heavy atom. The quantitative estimate of drug-likeness (QED) is 0.695. The maximum atomic E-state index is 12.3. The van der Waals surface area contributed by atoms with Crippen molar-refractivity contribution in [2.24, 2.45) is 0 Å². The van der Waals surface area contributed by atoms with Crippen molar-refractivity contribution in [3.05, 3.63) is 24.0 Å². The van der Waals surface area contributed by atoms with Gasteiger partial charge in [-0.1, -0.05) is 6.92 Å². The van der Waals surface area contributed by atoms with Crippen molar-refractivity contribution in [3.8, 4) is 0 Å². The Balaban J connectivity index is 2.39. The van der Waals surface area contributed by atoms with Gasteiger partial charge in [0.15, 0.2) is 0 Å². The molecule has 0 saturated carbocycles. The molecule has 102 valence electrons. The molecule has 0 aliphatic carbocycles. The molecule has 0 radical (unpaired) electrons. The molecule has 0 saturated heterocycles. The lowest BCUT2D eigenvalue weighted by Gasteiger charge is -2.09. The molecule has 4 nitrogen and oxygen atoms in total. The molecule has 1 rings (SSSR count). The molecule has 1 aromatic rings. The van der Waals surface area contributed by atoms with Crippen molar-refractivity contribution in [2.45, 2.75) is 26.3 Å². The number of nitrogens with zero attached hydrogens (tertiary/aromatic N) is 1. The zero-order valence-corrected chi connectivity index (χ0v) is 10.5. The zero-order chi connectivity index (χ0) is 13.4. The molecule has 0 spiro atoms. The number of aromatic nitrogens is 1. The smallest absolute Gasteiger partial charge is 0.267 e. The molecule has 0 fully saturated rings. The van der Waals surface area contributed by atoms with E-state index < -0.39 is 13.0 Å². The monoisotopic (exact) mass is 259 g/mol. The molecule has 0 aromatic carbocycles. The summed E-state index contributed by atoms with van der Waals surface area (Å²) in [4.78, 5) is 11.7. The Morgan fingerprint density at radius 2 is 2.22 bits per heavy atom. The topological polar surface area (TPSA) is 46.1 Å². The third-order valence-corrected chi connectivity index (χ3v) is 2.46. The van der Waals surface area contributed by atoms with Gasteiger partial charge in [0.05, 0.1) is 6.54 Å². The first-order chi connectivity index (χ1) is 8.65. The van der Waals surface area contributed by atoms with E-state index in [2.05, 4.69) is 10.6 Å². The minimum absolute atomic E-state index is 0.277. The molecule has 18 heavy (non-hydrogen) atoms. The molecule has 0 aliphatic rings. The highest BCUT2D eigenvalue weighted by Gasteiger charge is 2.12. The molecule has 0 aliphatic heterocycles. The lowest BCUT2D eigenvalue weighted by atomic mass is 10.3. The minimum Gasteiger partial charge on any atom is -0.351 e. The highest BCUT2D eigenvalue weighted by molar-refractivity contribution is 5.92. The average Bonchev–Trinajstić information content (AvgIpc) is 2.76. The van der Waals surface area contributed by atoms with Crippen LogP contribution < -0.4 is 10.6 Å². The summed E-state index contributed by atoms with van der Waals surface area (Å²) in [5, 5.41) is 5.85. The van der Waals surface area contributed by atoms with Crippen LogP contribution in [0.25, 0.3) is 0 Å². The second-order valence-corrected chi connectivity index (χ2v) is 3.90. The molecule has 1 aromatic heterocycles. The highest BCUT2D eigenvalue weighted by Crippen LogP contribution is 2.06. The number of rotatable bonds is 8. The zero-order valence-electron chi connectivity index (χ0n) is 10.5. The van der Waals surface area contributed by atoms with Gasteiger partial charge in [-0.05, 0) is 31.6 Å². The fraction of sp³-hybridized carbons (Fsp3) is 0.583. The van der Waals surface area contributed by atoms with Crippen molar-refractivity contribution in [2.75, 3.05) is 19.6 Å². The van der Waals surface area contributed by atoms with Gasteiger partial charge in [0.1, 0.15) is 5.69 Å². The van der Waals surface area contributed by atoms with E-state index in [0.29, 0.717) is 6.54 Å². The summed E-state index contributed by atoms with van der Waals surface area (Å²) >= 11 is 0. The predicted molar refractivity (Wildman–Crippen MR) is 65.9 cm³/mol. The Kier molecular flexibility index (Phi) is 6.35. The number of carbonyl (C=O) groups excluding carboxylic acids is 1. The molecule has 6 heteroatoms. The van der Waals surface area contributed by atoms with E-state index in [1.54, 1.807) is 12.1 Å².